The van der Waals surface area contributed by atoms with Crippen LogP contribution < -0.4 is 10.1 Å². The van der Waals surface area contributed by atoms with Crippen LogP contribution in [0.5, 0.6) is 11.6 Å². The van der Waals surface area contributed by atoms with Crippen LogP contribution in [-0.4, -0.2) is 25.1 Å². The van der Waals surface area contributed by atoms with Crippen LogP contribution in [0.25, 0.3) is 0 Å². The van der Waals surface area contributed by atoms with Crippen molar-refractivity contribution in [1.29, 1.82) is 0 Å². The van der Waals surface area contributed by atoms with Crippen LogP contribution in [0.3, 0.4) is 0 Å². The predicted octanol–water partition coefficient (Wildman–Crippen LogP) is 4.64. The van der Waals surface area contributed by atoms with E-state index >= 15 is 0 Å². The minimum Gasteiger partial charge on any atom is -0.439 e. The van der Waals surface area contributed by atoms with Gasteiger partial charge in [0.1, 0.15) is 5.75 Å². The fourth-order valence-electron chi connectivity index (χ4n) is 2.45. The van der Waals surface area contributed by atoms with Crippen molar-refractivity contribution in [3.8, 4) is 11.6 Å². The topological polar surface area (TPSA) is 85.4 Å². The third-order valence-electron chi connectivity index (χ3n) is 4.03. The van der Waals surface area contributed by atoms with Crippen LogP contribution in [0.1, 0.15) is 12.0 Å². The summed E-state index contributed by atoms with van der Waals surface area (Å²) in [7, 11) is -3.51. The Morgan fingerprint density at radius 3 is 2.34 bits per heavy atom. The maximum Gasteiger partial charge on any atom is 0.225 e. The Labute approximate surface area is 174 Å². The predicted molar refractivity (Wildman–Crippen MR) is 112 cm³/mol. The van der Waals surface area contributed by atoms with Gasteiger partial charge in [-0.1, -0.05) is 29.3 Å². The molecule has 3 rings (SSSR count). The van der Waals surface area contributed by atoms with Crippen molar-refractivity contribution >= 4 is 33.0 Å². The van der Waals surface area contributed by atoms with E-state index in [2.05, 4.69) is 10.3 Å². The van der Waals surface area contributed by atoms with Crippen molar-refractivity contribution in [2.75, 3.05) is 11.1 Å². The Morgan fingerprint density at radius 1 is 1.03 bits per heavy atom. The number of nitrogens with one attached hydrogen (secondary N) is 1. The number of hydrogen-bond acceptors (Lipinski definition) is 5. The number of amides is 1. The van der Waals surface area contributed by atoms with Gasteiger partial charge in [0.2, 0.25) is 11.8 Å². The molecule has 0 aliphatic heterocycles. The largest absolute Gasteiger partial charge is 0.439 e. The van der Waals surface area contributed by atoms with Gasteiger partial charge in [-0.05, 0) is 49.4 Å². The summed E-state index contributed by atoms with van der Waals surface area (Å²) in [5.41, 5.74) is 1.42. The minimum atomic E-state index is -3.51. The van der Waals surface area contributed by atoms with Crippen molar-refractivity contribution in [3.63, 3.8) is 0 Å². The molecular formula is C21H19ClN2O4S. The summed E-state index contributed by atoms with van der Waals surface area (Å²) >= 11 is 5.83. The van der Waals surface area contributed by atoms with Crippen molar-refractivity contribution in [2.45, 2.75) is 18.2 Å². The van der Waals surface area contributed by atoms with Crippen LogP contribution in [0.4, 0.5) is 5.69 Å². The Bertz CT molecular complexity index is 1080. The van der Waals surface area contributed by atoms with Gasteiger partial charge in [-0.2, -0.15) is 0 Å². The van der Waals surface area contributed by atoms with E-state index in [9.17, 15) is 13.2 Å². The lowest BCUT2D eigenvalue weighted by atomic mass is 10.2. The van der Waals surface area contributed by atoms with Crippen LogP contribution in [0, 0.1) is 6.92 Å². The smallest absolute Gasteiger partial charge is 0.225 e. The first kappa shape index (κ1) is 20.8. The number of nitrogens with zero attached hydrogens (tertiary/aromatic N) is 1. The summed E-state index contributed by atoms with van der Waals surface area (Å²) in [5.74, 6) is 0.258. The fraction of sp³-hybridized carbons (Fsp3) is 0.143. The van der Waals surface area contributed by atoms with Gasteiger partial charge in [-0.3, -0.25) is 4.79 Å². The van der Waals surface area contributed by atoms with E-state index in [0.29, 0.717) is 22.3 Å². The van der Waals surface area contributed by atoms with Crippen LogP contribution in [0.2, 0.25) is 5.02 Å². The molecule has 150 valence electrons. The molecule has 0 unspecified atom stereocenters. The number of aryl methyl sites for hydroxylation is 1. The van der Waals surface area contributed by atoms with E-state index in [0.717, 1.165) is 5.56 Å². The van der Waals surface area contributed by atoms with E-state index in [1.807, 2.05) is 6.92 Å². The molecule has 1 heterocycles. The van der Waals surface area contributed by atoms with E-state index < -0.39 is 15.7 Å². The number of anilines is 1. The Balaban J connectivity index is 1.53. The highest BCUT2D eigenvalue weighted by molar-refractivity contribution is 7.91. The molecular weight excluding hydrogens is 412 g/mol. The van der Waals surface area contributed by atoms with Crippen LogP contribution >= 0.6 is 11.6 Å². The molecule has 2 aromatic carbocycles. The molecule has 0 spiro atoms. The minimum absolute atomic E-state index is 0.154. The van der Waals surface area contributed by atoms with Crippen LogP contribution in [-0.2, 0) is 14.6 Å². The molecule has 1 aromatic heterocycles. The Morgan fingerprint density at radius 2 is 1.72 bits per heavy atom. The standard InChI is InChI=1S/C21H19ClN2O4S/c1-15-2-9-19(10-3-15)29(26,27)13-12-20(25)24-17-6-11-21(23-14-17)28-18-7-4-16(22)5-8-18/h2-11,14H,12-13H2,1H3,(H,24,25). The molecule has 0 saturated carbocycles. The summed E-state index contributed by atoms with van der Waals surface area (Å²) in [6.45, 7) is 1.88. The lowest BCUT2D eigenvalue weighted by molar-refractivity contribution is -0.115. The number of carbonyl (C=O) groups is 1. The van der Waals surface area contributed by atoms with Gasteiger partial charge in [-0.15, -0.1) is 0 Å². The van der Waals surface area contributed by atoms with Gasteiger partial charge in [-0.25, -0.2) is 13.4 Å². The zero-order chi connectivity index (χ0) is 20.9. The van der Waals surface area contributed by atoms with Gasteiger partial charge < -0.3 is 10.1 Å². The molecule has 0 aliphatic rings. The summed E-state index contributed by atoms with van der Waals surface area (Å²) in [4.78, 5) is 16.4. The number of halogens is 1. The Hall–Kier alpha value is -2.90. The molecule has 0 fully saturated rings. The average molecular weight is 431 g/mol. The summed E-state index contributed by atoms with van der Waals surface area (Å²) < 4.78 is 30.2. The molecule has 8 heteroatoms. The van der Waals surface area contributed by atoms with Gasteiger partial charge in [0.25, 0.3) is 0 Å². The van der Waals surface area contributed by atoms with E-state index in [-0.39, 0.29) is 17.1 Å². The number of pyridine rings is 1. The van der Waals surface area contributed by atoms with Crippen molar-refractivity contribution in [1.82, 2.24) is 4.98 Å². The molecule has 3 aromatic rings. The van der Waals surface area contributed by atoms with Gasteiger partial charge in [0, 0.05) is 17.5 Å². The first-order valence-corrected chi connectivity index (χ1v) is 10.8. The number of ether oxygens (including phenoxy) is 1. The first-order chi connectivity index (χ1) is 13.8. The summed E-state index contributed by atoms with van der Waals surface area (Å²) in [6, 6.07) is 16.6. The molecule has 29 heavy (non-hydrogen) atoms. The highest BCUT2D eigenvalue weighted by atomic mass is 35.5. The van der Waals surface area contributed by atoms with E-state index in [1.54, 1.807) is 60.7 Å². The monoisotopic (exact) mass is 430 g/mol. The number of sulfone groups is 1. The van der Waals surface area contributed by atoms with Gasteiger partial charge in [0.15, 0.2) is 9.84 Å². The zero-order valence-electron chi connectivity index (χ0n) is 15.6. The summed E-state index contributed by atoms with van der Waals surface area (Å²) in [6.07, 6.45) is 1.29. The molecule has 0 aliphatic carbocycles. The zero-order valence-corrected chi connectivity index (χ0v) is 17.2. The second-order valence-electron chi connectivity index (χ2n) is 6.37. The third kappa shape index (κ3) is 6.04. The van der Waals surface area contributed by atoms with Crippen molar-refractivity contribution in [3.05, 3.63) is 77.4 Å². The Kier molecular flexibility index (Phi) is 6.51. The fourth-order valence-corrected chi connectivity index (χ4v) is 3.82. The highest BCUT2D eigenvalue weighted by Crippen LogP contribution is 2.22. The molecule has 0 saturated heterocycles. The third-order valence-corrected chi connectivity index (χ3v) is 6.02. The average Bonchev–Trinajstić information content (AvgIpc) is 2.70. The molecule has 0 atom stereocenters. The lowest BCUT2D eigenvalue weighted by Gasteiger charge is -2.08. The second-order valence-corrected chi connectivity index (χ2v) is 8.92. The molecule has 0 bridgehead atoms. The molecule has 1 N–H and O–H groups in total. The van der Waals surface area contributed by atoms with Gasteiger partial charge in [0.05, 0.1) is 22.5 Å². The number of carbonyl (C=O) groups excluding carboxylic acids is 1. The molecule has 1 amide bonds. The summed E-state index contributed by atoms with van der Waals surface area (Å²) in [5, 5.41) is 3.24. The number of benzene rings is 2. The highest BCUT2D eigenvalue weighted by Gasteiger charge is 2.16. The molecule has 0 radical (unpaired) electrons. The van der Waals surface area contributed by atoms with E-state index in [1.165, 1.54) is 6.20 Å². The first-order valence-electron chi connectivity index (χ1n) is 8.80. The number of rotatable bonds is 7. The van der Waals surface area contributed by atoms with E-state index in [4.69, 9.17) is 16.3 Å². The van der Waals surface area contributed by atoms with Crippen molar-refractivity contribution < 1.29 is 17.9 Å². The van der Waals surface area contributed by atoms with Crippen molar-refractivity contribution in [2.24, 2.45) is 0 Å². The lowest BCUT2D eigenvalue weighted by Crippen LogP contribution is -2.17. The SMILES string of the molecule is Cc1ccc(S(=O)(=O)CCC(=O)Nc2ccc(Oc3ccc(Cl)cc3)nc2)cc1. The second kappa shape index (κ2) is 9.07. The quantitative estimate of drug-likeness (QED) is 0.590. The normalized spacial score (nSPS) is 11.1. The maximum atomic E-state index is 12.3. The molecule has 6 nitrogen and oxygen atoms in total. The number of hydrogen-bond donors (Lipinski definition) is 1. The maximum absolute atomic E-state index is 12.3. The van der Waals surface area contributed by atoms with Crippen LogP contribution in [0.15, 0.2) is 71.8 Å². The number of aromatic nitrogens is 1. The van der Waals surface area contributed by atoms with Gasteiger partial charge >= 0.3 is 0 Å².